The molecule has 1 heteroatoms. The molecule has 1 N–H and O–H groups in total. The van der Waals surface area contributed by atoms with Crippen LogP contribution in [0.3, 0.4) is 0 Å². The minimum atomic E-state index is -0.521. The Balaban J connectivity index is 2.30. The third kappa shape index (κ3) is 1.84. The lowest BCUT2D eigenvalue weighted by Crippen LogP contribution is -2.48. The molecule has 2 saturated carbocycles. The van der Waals surface area contributed by atoms with Gasteiger partial charge in [-0.2, -0.15) is 0 Å². The predicted octanol–water partition coefficient (Wildman–Crippen LogP) is 3.78. The topological polar surface area (TPSA) is 20.2 Å². The van der Waals surface area contributed by atoms with Gasteiger partial charge < -0.3 is 5.11 Å². The first-order chi connectivity index (χ1) is 7.45. The van der Waals surface area contributed by atoms with Crippen molar-refractivity contribution < 1.29 is 5.11 Å². The van der Waals surface area contributed by atoms with Gasteiger partial charge in [0.2, 0.25) is 0 Å². The second-order valence-electron chi connectivity index (χ2n) is 6.41. The van der Waals surface area contributed by atoms with Gasteiger partial charge in [0.15, 0.2) is 0 Å². The summed E-state index contributed by atoms with van der Waals surface area (Å²) in [5.74, 6) is 2.52. The van der Waals surface area contributed by atoms with Crippen LogP contribution in [-0.2, 0) is 0 Å². The van der Waals surface area contributed by atoms with Crippen LogP contribution >= 0.6 is 0 Å². The summed E-state index contributed by atoms with van der Waals surface area (Å²) in [6.07, 6.45) is 7.18. The van der Waals surface area contributed by atoms with Crippen LogP contribution in [0.15, 0.2) is 11.6 Å². The van der Waals surface area contributed by atoms with E-state index in [1.54, 1.807) is 0 Å². The average Bonchev–Trinajstić information content (AvgIpc) is 2.54. The lowest BCUT2D eigenvalue weighted by atomic mass is 9.63. The van der Waals surface area contributed by atoms with E-state index < -0.39 is 5.60 Å². The molecule has 0 bridgehead atoms. The first-order valence-corrected chi connectivity index (χ1v) is 6.83. The number of allylic oxidation sites excluding steroid dienone is 1. The van der Waals surface area contributed by atoms with E-state index in [0.29, 0.717) is 11.8 Å². The Morgan fingerprint density at radius 2 is 1.81 bits per heavy atom. The molecular weight excluding hydrogens is 196 g/mol. The third-order valence-electron chi connectivity index (χ3n) is 5.02. The quantitative estimate of drug-likeness (QED) is 0.669. The van der Waals surface area contributed by atoms with Crippen molar-refractivity contribution in [2.45, 2.75) is 59.0 Å². The van der Waals surface area contributed by atoms with E-state index >= 15 is 0 Å². The average molecular weight is 222 g/mol. The number of fused-ring (bicyclic) bond motifs is 1. The van der Waals surface area contributed by atoms with E-state index in [2.05, 4.69) is 33.8 Å². The zero-order valence-corrected chi connectivity index (χ0v) is 11.2. The second kappa shape index (κ2) is 4.18. The monoisotopic (exact) mass is 222 g/mol. The number of rotatable bonds is 1. The van der Waals surface area contributed by atoms with E-state index in [0.717, 1.165) is 11.8 Å². The maximum atomic E-state index is 11.0. The van der Waals surface area contributed by atoms with Gasteiger partial charge in [0, 0.05) is 0 Å². The van der Waals surface area contributed by atoms with Crippen LogP contribution in [-0.4, -0.2) is 10.7 Å². The first-order valence-electron chi connectivity index (χ1n) is 6.83. The Morgan fingerprint density at radius 1 is 1.12 bits per heavy atom. The molecule has 0 aromatic heterocycles. The maximum Gasteiger partial charge on any atom is 0.0886 e. The predicted molar refractivity (Wildman–Crippen MR) is 68.2 cm³/mol. The van der Waals surface area contributed by atoms with Crippen LogP contribution in [0.4, 0.5) is 0 Å². The molecule has 0 amide bonds. The van der Waals surface area contributed by atoms with Crippen molar-refractivity contribution in [3.63, 3.8) is 0 Å². The Labute approximate surface area is 99.9 Å². The van der Waals surface area contributed by atoms with E-state index in [1.807, 2.05) is 0 Å². The van der Waals surface area contributed by atoms with E-state index in [4.69, 9.17) is 0 Å². The minimum Gasteiger partial charge on any atom is -0.385 e. The summed E-state index contributed by atoms with van der Waals surface area (Å²) in [4.78, 5) is 0. The van der Waals surface area contributed by atoms with Gasteiger partial charge in [-0.15, -0.1) is 0 Å². The highest BCUT2D eigenvalue weighted by molar-refractivity contribution is 5.15. The van der Waals surface area contributed by atoms with Crippen molar-refractivity contribution in [2.24, 2.45) is 23.7 Å². The zero-order valence-electron chi connectivity index (χ0n) is 11.2. The summed E-state index contributed by atoms with van der Waals surface area (Å²) in [5, 5.41) is 11.0. The van der Waals surface area contributed by atoms with Gasteiger partial charge in [-0.25, -0.2) is 0 Å². The fourth-order valence-electron chi connectivity index (χ4n) is 4.08. The van der Waals surface area contributed by atoms with Crippen LogP contribution < -0.4 is 0 Å². The van der Waals surface area contributed by atoms with Crippen molar-refractivity contribution >= 4 is 0 Å². The van der Waals surface area contributed by atoms with E-state index in [9.17, 15) is 5.11 Å². The van der Waals surface area contributed by atoms with Gasteiger partial charge in [-0.1, -0.05) is 31.9 Å². The molecule has 2 aliphatic carbocycles. The van der Waals surface area contributed by atoms with E-state index in [-0.39, 0.29) is 0 Å². The summed E-state index contributed by atoms with van der Waals surface area (Å²) in [6, 6.07) is 0. The molecule has 0 heterocycles. The van der Waals surface area contributed by atoms with Gasteiger partial charge >= 0.3 is 0 Å². The van der Waals surface area contributed by atoms with Crippen molar-refractivity contribution in [2.75, 3.05) is 0 Å². The molecule has 1 nitrogen and oxygen atoms in total. The molecule has 0 aromatic rings. The Kier molecular flexibility index (Phi) is 3.18. The molecule has 0 aliphatic heterocycles. The lowest BCUT2D eigenvalue weighted by molar-refractivity contribution is -0.0688. The van der Waals surface area contributed by atoms with Gasteiger partial charge in [-0.05, 0) is 56.8 Å². The van der Waals surface area contributed by atoms with Gasteiger partial charge in [0.1, 0.15) is 0 Å². The zero-order chi connectivity index (χ0) is 11.9. The van der Waals surface area contributed by atoms with Crippen molar-refractivity contribution in [3.05, 3.63) is 11.6 Å². The first kappa shape index (κ1) is 12.2. The number of aliphatic hydroxyl groups is 1. The van der Waals surface area contributed by atoms with Crippen LogP contribution in [0.1, 0.15) is 53.4 Å². The molecule has 16 heavy (non-hydrogen) atoms. The van der Waals surface area contributed by atoms with Crippen LogP contribution in [0.2, 0.25) is 0 Å². The number of hydrogen-bond donors (Lipinski definition) is 1. The molecule has 92 valence electrons. The largest absolute Gasteiger partial charge is 0.385 e. The molecule has 0 aromatic carbocycles. The molecule has 2 fully saturated rings. The lowest BCUT2D eigenvalue weighted by Gasteiger charge is -2.46. The molecule has 5 atom stereocenters. The summed E-state index contributed by atoms with van der Waals surface area (Å²) in [7, 11) is 0. The number of hydrogen-bond acceptors (Lipinski definition) is 1. The molecule has 2 aliphatic rings. The summed E-state index contributed by atoms with van der Waals surface area (Å²) in [6.45, 7) is 8.79. The fraction of sp³-hybridized carbons (Fsp3) is 0.867. The van der Waals surface area contributed by atoms with Crippen LogP contribution in [0.5, 0.6) is 0 Å². The highest BCUT2D eigenvalue weighted by atomic mass is 16.3. The van der Waals surface area contributed by atoms with Gasteiger partial charge in [0.25, 0.3) is 0 Å². The maximum absolute atomic E-state index is 11.0. The Morgan fingerprint density at radius 3 is 2.44 bits per heavy atom. The van der Waals surface area contributed by atoms with Gasteiger partial charge in [-0.3, -0.25) is 0 Å². The van der Waals surface area contributed by atoms with Gasteiger partial charge in [0.05, 0.1) is 5.60 Å². The normalized spacial score (nSPS) is 47.6. The summed E-state index contributed by atoms with van der Waals surface area (Å²) < 4.78 is 0. The highest BCUT2D eigenvalue weighted by Crippen LogP contribution is 2.53. The molecule has 2 rings (SSSR count). The molecule has 0 radical (unpaired) electrons. The Hall–Kier alpha value is -0.300. The van der Waals surface area contributed by atoms with E-state index in [1.165, 1.54) is 31.3 Å². The smallest absolute Gasteiger partial charge is 0.0886 e. The molecule has 0 unspecified atom stereocenters. The molecule has 0 spiro atoms. The second-order valence-corrected chi connectivity index (χ2v) is 6.41. The van der Waals surface area contributed by atoms with Crippen molar-refractivity contribution in [1.82, 2.24) is 0 Å². The van der Waals surface area contributed by atoms with Crippen molar-refractivity contribution in [1.29, 1.82) is 0 Å². The van der Waals surface area contributed by atoms with Crippen molar-refractivity contribution in [3.8, 4) is 0 Å². The minimum absolute atomic E-state index is 0.425. The highest BCUT2D eigenvalue weighted by Gasteiger charge is 2.50. The van der Waals surface area contributed by atoms with Crippen LogP contribution in [0, 0.1) is 23.7 Å². The third-order valence-corrected chi connectivity index (χ3v) is 5.02. The molecular formula is C15H26O. The fourth-order valence-corrected chi connectivity index (χ4v) is 4.08. The summed E-state index contributed by atoms with van der Waals surface area (Å²) in [5.41, 5.74) is 0.738. The standard InChI is InChI=1S/C15H26O/c1-10(2)9-15(16)12(4)6-7-13-11(3)5-8-14(13)15/h9,11-14,16H,5-8H2,1-4H3/t11-,12-,13+,14+,15+/m0/s1. The SMILES string of the molecule is CC(C)=C[C@]1(O)[C@@H]2CC[C@H](C)[C@H]2CC[C@@H]1C. The van der Waals surface area contributed by atoms with Crippen LogP contribution in [0.25, 0.3) is 0 Å². The molecule has 0 saturated heterocycles. The Bertz CT molecular complexity index is 290. The summed E-state index contributed by atoms with van der Waals surface area (Å²) >= 11 is 0.